The topological polar surface area (TPSA) is 38.7 Å². The van der Waals surface area contributed by atoms with Gasteiger partial charge in [0, 0.05) is 16.2 Å². The monoisotopic (exact) mass is 294 g/mol. The first kappa shape index (κ1) is 12.8. The predicted octanol–water partition coefficient (Wildman–Crippen LogP) is 3.55. The van der Waals surface area contributed by atoms with Crippen LogP contribution in [0.4, 0.5) is 0 Å². The highest BCUT2D eigenvalue weighted by molar-refractivity contribution is 8.01. The molecular formula is C14H14O3S2. The van der Waals surface area contributed by atoms with E-state index < -0.39 is 0 Å². The number of hydrogen-bond donors (Lipinski definition) is 1. The lowest BCUT2D eigenvalue weighted by Gasteiger charge is -2.08. The number of thiophene rings is 1. The van der Waals surface area contributed by atoms with Gasteiger partial charge in [0.15, 0.2) is 11.5 Å². The van der Waals surface area contributed by atoms with Crippen molar-refractivity contribution in [3.63, 3.8) is 0 Å². The van der Waals surface area contributed by atoms with Gasteiger partial charge in [-0.1, -0.05) is 11.8 Å². The van der Waals surface area contributed by atoms with Gasteiger partial charge in [-0.2, -0.15) is 0 Å². The number of hydrogen-bond acceptors (Lipinski definition) is 5. The van der Waals surface area contributed by atoms with Crippen molar-refractivity contribution in [2.75, 3.05) is 13.2 Å². The van der Waals surface area contributed by atoms with Crippen LogP contribution < -0.4 is 9.47 Å². The molecule has 3 rings (SSSR count). The van der Waals surface area contributed by atoms with Gasteiger partial charge < -0.3 is 14.6 Å². The predicted molar refractivity (Wildman–Crippen MR) is 76.4 cm³/mol. The highest BCUT2D eigenvalue weighted by Crippen LogP contribution is 2.38. The molecule has 0 saturated heterocycles. The second kappa shape index (κ2) is 5.86. The Labute approximate surface area is 120 Å². The van der Waals surface area contributed by atoms with E-state index in [1.165, 1.54) is 4.21 Å². The molecule has 0 fully saturated rings. The minimum absolute atomic E-state index is 0.104. The van der Waals surface area contributed by atoms with Crippen LogP contribution in [0.1, 0.15) is 11.3 Å². The van der Waals surface area contributed by atoms with Crippen molar-refractivity contribution in [2.24, 2.45) is 0 Å². The molecule has 0 unspecified atom stereocenters. The Balaban J connectivity index is 1.79. The third kappa shape index (κ3) is 3.05. The van der Waals surface area contributed by atoms with Crippen LogP contribution in [-0.4, -0.2) is 18.3 Å². The Bertz CT molecular complexity index is 566. The smallest absolute Gasteiger partial charge is 0.162 e. The molecule has 5 heteroatoms. The van der Waals surface area contributed by atoms with Gasteiger partial charge in [0.2, 0.25) is 0 Å². The van der Waals surface area contributed by atoms with Gasteiger partial charge >= 0.3 is 0 Å². The molecule has 1 aliphatic heterocycles. The molecule has 0 spiro atoms. The number of aliphatic hydroxyl groups excluding tert-OH is 1. The number of benzene rings is 1. The molecule has 0 bridgehead atoms. The molecule has 0 amide bonds. The third-order valence-electron chi connectivity index (χ3n) is 2.73. The molecule has 0 radical (unpaired) electrons. The molecule has 1 aliphatic rings. The minimum atomic E-state index is 0.104. The zero-order chi connectivity index (χ0) is 13.1. The summed E-state index contributed by atoms with van der Waals surface area (Å²) >= 11 is 3.29. The average molecular weight is 294 g/mol. The van der Waals surface area contributed by atoms with Crippen molar-refractivity contribution in [3.05, 3.63) is 35.2 Å². The molecule has 1 N–H and O–H groups in total. The van der Waals surface area contributed by atoms with Gasteiger partial charge in [0.05, 0.1) is 24.0 Å². The van der Waals surface area contributed by atoms with E-state index in [1.54, 1.807) is 23.1 Å². The summed E-state index contributed by atoms with van der Waals surface area (Å²) in [5.41, 5.74) is 0. The molecule has 1 aromatic carbocycles. The first-order valence-corrected chi connectivity index (χ1v) is 7.75. The Morgan fingerprint density at radius 1 is 1.11 bits per heavy atom. The van der Waals surface area contributed by atoms with Gasteiger partial charge in [-0.05, 0) is 30.3 Å². The lowest BCUT2D eigenvalue weighted by molar-refractivity contribution is 0.285. The van der Waals surface area contributed by atoms with Crippen molar-refractivity contribution in [1.82, 2.24) is 0 Å². The van der Waals surface area contributed by atoms with Crippen LogP contribution in [0.15, 0.2) is 39.4 Å². The van der Waals surface area contributed by atoms with E-state index in [-0.39, 0.29) is 6.61 Å². The third-order valence-corrected chi connectivity index (χ3v) is 4.92. The van der Waals surface area contributed by atoms with Crippen molar-refractivity contribution in [3.8, 4) is 11.5 Å². The maximum absolute atomic E-state index is 9.07. The van der Waals surface area contributed by atoms with Crippen molar-refractivity contribution in [1.29, 1.82) is 0 Å². The molecule has 0 saturated carbocycles. The zero-order valence-electron chi connectivity index (χ0n) is 10.3. The van der Waals surface area contributed by atoms with Crippen LogP contribution in [0.2, 0.25) is 0 Å². The highest BCUT2D eigenvalue weighted by Gasteiger charge is 2.11. The number of rotatable bonds is 3. The molecule has 0 aliphatic carbocycles. The summed E-state index contributed by atoms with van der Waals surface area (Å²) in [7, 11) is 0. The van der Waals surface area contributed by atoms with Crippen molar-refractivity contribution < 1.29 is 14.6 Å². The molecule has 100 valence electrons. The quantitative estimate of drug-likeness (QED) is 0.939. The summed E-state index contributed by atoms with van der Waals surface area (Å²) in [5.74, 6) is 1.64. The number of aliphatic hydroxyl groups is 1. The molecule has 0 atom stereocenters. The zero-order valence-corrected chi connectivity index (χ0v) is 11.9. The Kier molecular flexibility index (Phi) is 3.96. The van der Waals surface area contributed by atoms with Crippen LogP contribution >= 0.6 is 23.1 Å². The number of fused-ring (bicyclic) bond motifs is 1. The molecule has 2 heterocycles. The second-order valence-electron chi connectivity index (χ2n) is 4.14. The summed E-state index contributed by atoms with van der Waals surface area (Å²) in [6, 6.07) is 10.0. The summed E-state index contributed by atoms with van der Waals surface area (Å²) < 4.78 is 12.5. The number of ether oxygens (including phenoxy) is 2. The fourth-order valence-corrected chi connectivity index (χ4v) is 3.86. The average Bonchev–Trinajstić information content (AvgIpc) is 2.75. The van der Waals surface area contributed by atoms with Gasteiger partial charge in [-0.3, -0.25) is 0 Å². The standard InChI is InChI=1S/C14H14O3S2/c15-9-11-3-5-14(19-11)18-10-2-4-12-13(8-10)17-7-1-6-16-12/h2-5,8,15H,1,6-7,9H2. The summed E-state index contributed by atoms with van der Waals surface area (Å²) in [6.07, 6.45) is 0.919. The Morgan fingerprint density at radius 3 is 2.74 bits per heavy atom. The van der Waals surface area contributed by atoms with Crippen LogP contribution in [0.25, 0.3) is 0 Å². The van der Waals surface area contributed by atoms with Gasteiger partial charge in [-0.25, -0.2) is 0 Å². The van der Waals surface area contributed by atoms with E-state index in [0.29, 0.717) is 13.2 Å². The lowest BCUT2D eigenvalue weighted by atomic mass is 10.3. The summed E-state index contributed by atoms with van der Waals surface area (Å²) in [4.78, 5) is 2.10. The molecular weight excluding hydrogens is 280 g/mol. The Morgan fingerprint density at radius 2 is 1.95 bits per heavy atom. The van der Waals surface area contributed by atoms with Crippen molar-refractivity contribution in [2.45, 2.75) is 22.1 Å². The first-order chi connectivity index (χ1) is 9.35. The second-order valence-corrected chi connectivity index (χ2v) is 6.68. The molecule has 2 aromatic rings. The van der Waals surface area contributed by atoms with E-state index in [9.17, 15) is 0 Å². The van der Waals surface area contributed by atoms with Gasteiger partial charge in [-0.15, -0.1) is 11.3 Å². The molecule has 19 heavy (non-hydrogen) atoms. The largest absolute Gasteiger partial charge is 0.490 e. The van der Waals surface area contributed by atoms with Crippen LogP contribution in [0, 0.1) is 0 Å². The minimum Gasteiger partial charge on any atom is -0.490 e. The fraction of sp³-hybridized carbons (Fsp3) is 0.286. The Hall–Kier alpha value is -1.17. The van der Waals surface area contributed by atoms with E-state index in [2.05, 4.69) is 0 Å². The highest BCUT2D eigenvalue weighted by atomic mass is 32.2. The van der Waals surface area contributed by atoms with Crippen LogP contribution in [0.5, 0.6) is 11.5 Å². The first-order valence-electron chi connectivity index (χ1n) is 6.12. The lowest BCUT2D eigenvalue weighted by Crippen LogP contribution is -1.97. The van der Waals surface area contributed by atoms with E-state index in [1.807, 2.05) is 30.3 Å². The molecule has 3 nitrogen and oxygen atoms in total. The maximum Gasteiger partial charge on any atom is 0.162 e. The SMILES string of the molecule is OCc1ccc(Sc2ccc3c(c2)OCCCO3)s1. The van der Waals surface area contributed by atoms with Crippen LogP contribution in [-0.2, 0) is 6.61 Å². The molecule has 1 aromatic heterocycles. The van der Waals surface area contributed by atoms with Gasteiger partial charge in [0.25, 0.3) is 0 Å². The normalized spacial score (nSPS) is 14.2. The van der Waals surface area contributed by atoms with Crippen LogP contribution in [0.3, 0.4) is 0 Å². The fourth-order valence-electron chi connectivity index (χ4n) is 1.82. The van der Waals surface area contributed by atoms with E-state index >= 15 is 0 Å². The summed E-state index contributed by atoms with van der Waals surface area (Å²) in [6.45, 7) is 1.52. The van der Waals surface area contributed by atoms with E-state index in [4.69, 9.17) is 14.6 Å². The maximum atomic E-state index is 9.07. The van der Waals surface area contributed by atoms with Gasteiger partial charge in [0.1, 0.15) is 0 Å². The van der Waals surface area contributed by atoms with Crippen molar-refractivity contribution >= 4 is 23.1 Å². The summed E-state index contributed by atoms with van der Waals surface area (Å²) in [5, 5.41) is 9.07. The van der Waals surface area contributed by atoms with E-state index in [0.717, 1.165) is 27.7 Å².